The van der Waals surface area contributed by atoms with Gasteiger partial charge < -0.3 is 0 Å². The Kier molecular flexibility index (Phi) is 18.0. The summed E-state index contributed by atoms with van der Waals surface area (Å²) < 4.78 is 21.5. The second kappa shape index (κ2) is 17.5. The van der Waals surface area contributed by atoms with Gasteiger partial charge in [-0.3, -0.25) is 0 Å². The molecular formula is C21H46AsO4P. The molecule has 1 unspecified atom stereocenters. The van der Waals surface area contributed by atoms with Gasteiger partial charge in [-0.05, 0) is 0 Å². The molecule has 0 aromatic rings. The Bertz CT molecular complexity index is 372. The molecule has 1 atom stereocenters. The molecule has 0 rings (SSSR count). The molecule has 0 aliphatic rings. The molecule has 164 valence electrons. The summed E-state index contributed by atoms with van der Waals surface area (Å²) in [5.41, 5.74) is 6.69. The SMILES string of the molecule is CCCCCCCCCCCCCCCCOP(=O)([O-])OCC[As+](C)(C)C. The summed E-state index contributed by atoms with van der Waals surface area (Å²) in [6.07, 6.45) is 18.0. The average Bonchev–Trinajstić information content (AvgIpc) is 2.57. The summed E-state index contributed by atoms with van der Waals surface area (Å²) in [5.74, 6) is 0. The fraction of sp³-hybridized carbons (Fsp3) is 1.00. The summed E-state index contributed by atoms with van der Waals surface area (Å²) in [4.78, 5) is 11.7. The molecule has 0 aliphatic carbocycles. The Hall–Kier alpha value is 0.668. The van der Waals surface area contributed by atoms with Gasteiger partial charge in [-0.15, -0.1) is 0 Å². The zero-order valence-corrected chi connectivity index (χ0v) is 21.3. The minimum absolute atomic E-state index is 0.258. The number of hydrogen-bond acceptors (Lipinski definition) is 4. The van der Waals surface area contributed by atoms with Crippen LogP contribution in [0.5, 0.6) is 0 Å². The van der Waals surface area contributed by atoms with Gasteiger partial charge in [0.15, 0.2) is 0 Å². The van der Waals surface area contributed by atoms with E-state index in [1.165, 1.54) is 77.0 Å². The van der Waals surface area contributed by atoms with Gasteiger partial charge in [-0.1, -0.05) is 58.3 Å². The first-order chi connectivity index (χ1) is 12.8. The van der Waals surface area contributed by atoms with Crippen molar-refractivity contribution in [2.24, 2.45) is 0 Å². The number of phosphoric ester groups is 1. The molecule has 0 spiro atoms. The van der Waals surface area contributed by atoms with E-state index < -0.39 is 21.4 Å². The maximum absolute atomic E-state index is 11.7. The molecule has 4 nitrogen and oxygen atoms in total. The Labute approximate surface area is 172 Å². The van der Waals surface area contributed by atoms with Crippen molar-refractivity contribution in [1.82, 2.24) is 0 Å². The van der Waals surface area contributed by atoms with Crippen LogP contribution in [0.25, 0.3) is 0 Å². The van der Waals surface area contributed by atoms with E-state index in [0.29, 0.717) is 0 Å². The van der Waals surface area contributed by atoms with Crippen molar-refractivity contribution < 1.29 is 18.5 Å². The predicted octanol–water partition coefficient (Wildman–Crippen LogP) is 7.31. The molecule has 0 N–H and O–H groups in total. The van der Waals surface area contributed by atoms with Crippen LogP contribution in [0.15, 0.2) is 0 Å². The molecule has 0 aromatic heterocycles. The molecule has 0 saturated carbocycles. The van der Waals surface area contributed by atoms with E-state index in [2.05, 4.69) is 24.1 Å². The first-order valence-electron chi connectivity index (χ1n) is 11.2. The zero-order chi connectivity index (χ0) is 20.4. The van der Waals surface area contributed by atoms with Gasteiger partial charge in [-0.25, -0.2) is 0 Å². The van der Waals surface area contributed by atoms with Crippen LogP contribution in [0.4, 0.5) is 0 Å². The molecule has 27 heavy (non-hydrogen) atoms. The van der Waals surface area contributed by atoms with Gasteiger partial charge >= 0.3 is 114 Å². The third-order valence-corrected chi connectivity index (χ3v) is 8.95. The number of phosphoric acid groups is 1. The summed E-state index contributed by atoms with van der Waals surface area (Å²) in [7, 11) is -4.09. The van der Waals surface area contributed by atoms with Crippen LogP contribution in [0.2, 0.25) is 22.3 Å². The average molecular weight is 468 g/mol. The molecule has 0 saturated heterocycles. The molecule has 6 heteroatoms. The third kappa shape index (κ3) is 22.8. The van der Waals surface area contributed by atoms with E-state index in [1.807, 2.05) is 0 Å². The normalized spacial score (nSPS) is 14.4. The molecular weight excluding hydrogens is 422 g/mol. The zero-order valence-electron chi connectivity index (χ0n) is 18.5. The summed E-state index contributed by atoms with van der Waals surface area (Å²) in [6.45, 7) is 2.80. The van der Waals surface area contributed by atoms with Crippen molar-refractivity contribution in [3.63, 3.8) is 0 Å². The van der Waals surface area contributed by atoms with E-state index in [9.17, 15) is 9.46 Å². The molecule has 0 heterocycles. The Morgan fingerprint density at radius 2 is 1.04 bits per heavy atom. The molecule has 0 amide bonds. The van der Waals surface area contributed by atoms with Gasteiger partial charge in [0.05, 0.1) is 0 Å². The summed E-state index contributed by atoms with van der Waals surface area (Å²) in [6, 6.07) is 0. The van der Waals surface area contributed by atoms with Crippen LogP contribution in [-0.2, 0) is 13.6 Å². The van der Waals surface area contributed by atoms with E-state index in [1.54, 1.807) is 0 Å². The van der Waals surface area contributed by atoms with Crippen molar-refractivity contribution in [2.75, 3.05) is 13.2 Å². The van der Waals surface area contributed by atoms with Gasteiger partial charge in [-0.2, -0.15) is 0 Å². The quantitative estimate of drug-likeness (QED) is 0.107. The van der Waals surface area contributed by atoms with Crippen LogP contribution >= 0.6 is 7.82 Å². The fourth-order valence-electron chi connectivity index (χ4n) is 2.94. The van der Waals surface area contributed by atoms with Crippen molar-refractivity contribution in [3.05, 3.63) is 0 Å². The molecule has 0 aliphatic heterocycles. The van der Waals surface area contributed by atoms with Gasteiger partial charge in [0.2, 0.25) is 0 Å². The third-order valence-electron chi connectivity index (χ3n) is 4.76. The summed E-state index contributed by atoms with van der Waals surface area (Å²) in [5, 5.41) is 0.868. The number of unbranched alkanes of at least 4 members (excludes halogenated alkanes) is 13. The number of rotatable bonds is 20. The van der Waals surface area contributed by atoms with Crippen molar-refractivity contribution >= 4 is 21.4 Å². The van der Waals surface area contributed by atoms with Crippen LogP contribution in [0, 0.1) is 0 Å². The first kappa shape index (κ1) is 27.7. The topological polar surface area (TPSA) is 58.6 Å². The van der Waals surface area contributed by atoms with E-state index >= 15 is 0 Å². The van der Waals surface area contributed by atoms with E-state index in [-0.39, 0.29) is 13.2 Å². The molecule has 0 aromatic carbocycles. The maximum atomic E-state index is 11.7. The monoisotopic (exact) mass is 468 g/mol. The second-order valence-electron chi connectivity index (χ2n) is 8.72. The van der Waals surface area contributed by atoms with E-state index in [0.717, 1.165) is 18.1 Å². The van der Waals surface area contributed by atoms with E-state index in [4.69, 9.17) is 9.05 Å². The second-order valence-corrected chi connectivity index (χ2v) is 20.7. The Morgan fingerprint density at radius 1 is 0.667 bits per heavy atom. The van der Waals surface area contributed by atoms with Crippen LogP contribution in [0.1, 0.15) is 96.8 Å². The molecule has 0 bridgehead atoms. The Balaban J connectivity index is 3.31. The number of hydrogen-bond donors (Lipinski definition) is 0. The van der Waals surface area contributed by atoms with Crippen molar-refractivity contribution in [3.8, 4) is 0 Å². The first-order valence-corrected chi connectivity index (χ1v) is 19.6. The van der Waals surface area contributed by atoms with Gasteiger partial charge in [0, 0.05) is 0 Å². The van der Waals surface area contributed by atoms with Gasteiger partial charge in [0.1, 0.15) is 0 Å². The summed E-state index contributed by atoms with van der Waals surface area (Å²) >= 11 is -1.59. The van der Waals surface area contributed by atoms with Crippen LogP contribution < -0.4 is 4.89 Å². The standard InChI is InChI=1S/C21H46AsO4P/c1-5-6-7-8-9-10-11-12-13-14-15-16-17-18-20-25-27(23,24)26-21-19-22(2,3)4/h5-21H2,1-4H3. The molecule has 0 fully saturated rings. The van der Waals surface area contributed by atoms with Crippen molar-refractivity contribution in [1.29, 1.82) is 0 Å². The van der Waals surface area contributed by atoms with Crippen LogP contribution in [-0.4, -0.2) is 26.8 Å². The van der Waals surface area contributed by atoms with Crippen molar-refractivity contribution in [2.45, 2.75) is 119 Å². The fourth-order valence-corrected chi connectivity index (χ4v) is 5.33. The van der Waals surface area contributed by atoms with Gasteiger partial charge in [0.25, 0.3) is 0 Å². The van der Waals surface area contributed by atoms with Crippen LogP contribution in [0.3, 0.4) is 0 Å². The Morgan fingerprint density at radius 3 is 1.44 bits per heavy atom. The predicted molar refractivity (Wildman–Crippen MR) is 118 cm³/mol. The molecule has 0 radical (unpaired) electrons. The minimum atomic E-state index is -4.09.